The molecular weight excluding hydrogens is 661 g/mol. The van der Waals surface area contributed by atoms with Crippen molar-refractivity contribution in [3.63, 3.8) is 0 Å². The van der Waals surface area contributed by atoms with Gasteiger partial charge >= 0.3 is 18.2 Å². The smallest absolute Gasteiger partial charge is 0.417 e. The number of fused-ring (bicyclic) bond motifs is 1. The number of rotatable bonds is 9. The van der Waals surface area contributed by atoms with Gasteiger partial charge in [-0.15, -0.1) is 16.8 Å². The van der Waals surface area contributed by atoms with Crippen molar-refractivity contribution in [2.24, 2.45) is 5.41 Å². The van der Waals surface area contributed by atoms with E-state index in [9.17, 15) is 32.3 Å². The Morgan fingerprint density at radius 3 is 2.39 bits per heavy atom. The van der Waals surface area contributed by atoms with Gasteiger partial charge in [0.1, 0.15) is 6.61 Å². The Morgan fingerprint density at radius 2 is 1.78 bits per heavy atom. The number of alkyl carbamates (subject to hydrolysis) is 1. The second kappa shape index (κ2) is 15.0. The summed E-state index contributed by atoms with van der Waals surface area (Å²) in [5, 5.41) is 4.07. The van der Waals surface area contributed by atoms with Gasteiger partial charge in [0.15, 0.2) is 0 Å². The zero-order chi connectivity index (χ0) is 36.3. The summed E-state index contributed by atoms with van der Waals surface area (Å²) in [5.41, 5.74) is -1.51. The fraction of sp³-hybridized carbons (Fsp3) is 0.543. The van der Waals surface area contributed by atoms with Crippen molar-refractivity contribution in [3.05, 3.63) is 59.2 Å². The Labute approximate surface area is 289 Å². The maximum absolute atomic E-state index is 14.7. The number of carbonyl (C=O) groups is 4. The number of alkyl halides is 3. The Hall–Kier alpha value is -3.78. The van der Waals surface area contributed by atoms with Crippen molar-refractivity contribution in [1.82, 2.24) is 15.3 Å². The van der Waals surface area contributed by atoms with Crippen LogP contribution in [0.1, 0.15) is 82.8 Å². The summed E-state index contributed by atoms with van der Waals surface area (Å²) in [6.45, 7) is 12.3. The van der Waals surface area contributed by atoms with Gasteiger partial charge in [0.2, 0.25) is 5.91 Å². The molecule has 2 aliphatic heterocycles. The largest absolute Gasteiger partial charge is 0.445 e. The molecular formula is C35H45F3N4O6S. The minimum atomic E-state index is -4.87. The first-order valence-corrected chi connectivity index (χ1v) is 17.1. The number of nitrogens with zero attached hydrogens (tertiary/aromatic N) is 3. The SMILES string of the molecule is CC(C)N(C(=O)c1cc2c(cc1C(F)(F)F)SC(C)(C)C(=O)N2CCNC(=O)OCc1ccccc1)[C@@H]1CCCN(OC(=O)C(C)(C)C)C1. The second-order valence-corrected chi connectivity index (χ2v) is 15.7. The number of hydrogen-bond donors (Lipinski definition) is 1. The molecule has 268 valence electrons. The number of piperidine rings is 1. The molecule has 49 heavy (non-hydrogen) atoms. The number of hydroxylamine groups is 2. The van der Waals surface area contributed by atoms with Crippen molar-refractivity contribution in [1.29, 1.82) is 0 Å². The number of benzene rings is 2. The van der Waals surface area contributed by atoms with E-state index < -0.39 is 57.5 Å². The summed E-state index contributed by atoms with van der Waals surface area (Å²) < 4.78 is 48.1. The van der Waals surface area contributed by atoms with Crippen LogP contribution < -0.4 is 10.2 Å². The van der Waals surface area contributed by atoms with Gasteiger partial charge in [-0.2, -0.15) is 13.2 Å². The first-order valence-electron chi connectivity index (χ1n) is 16.3. The van der Waals surface area contributed by atoms with E-state index in [1.165, 1.54) is 14.9 Å². The van der Waals surface area contributed by atoms with Gasteiger partial charge in [-0.3, -0.25) is 9.59 Å². The lowest BCUT2D eigenvalue weighted by Crippen LogP contribution is -2.53. The maximum Gasteiger partial charge on any atom is 0.417 e. The molecule has 1 N–H and O–H groups in total. The van der Waals surface area contributed by atoms with Gasteiger partial charge < -0.3 is 24.7 Å². The molecule has 2 aromatic carbocycles. The molecule has 0 unspecified atom stereocenters. The molecule has 0 saturated carbocycles. The van der Waals surface area contributed by atoms with Crippen molar-refractivity contribution in [2.45, 2.75) is 95.8 Å². The molecule has 3 amide bonds. The Morgan fingerprint density at radius 1 is 1.10 bits per heavy atom. The molecule has 4 rings (SSSR count). The van der Waals surface area contributed by atoms with E-state index in [1.54, 1.807) is 60.6 Å². The van der Waals surface area contributed by atoms with Crippen molar-refractivity contribution in [3.8, 4) is 0 Å². The van der Waals surface area contributed by atoms with E-state index in [2.05, 4.69) is 5.32 Å². The third-order valence-corrected chi connectivity index (χ3v) is 9.47. The monoisotopic (exact) mass is 706 g/mol. The average molecular weight is 707 g/mol. The van der Waals surface area contributed by atoms with Crippen LogP contribution in [0.3, 0.4) is 0 Å². The van der Waals surface area contributed by atoms with Gasteiger partial charge in [0.05, 0.1) is 33.5 Å². The lowest BCUT2D eigenvalue weighted by atomic mass is 9.97. The third-order valence-electron chi connectivity index (χ3n) is 8.24. The number of anilines is 1. The summed E-state index contributed by atoms with van der Waals surface area (Å²) in [6.07, 6.45) is -4.53. The number of ether oxygens (including phenoxy) is 1. The Balaban J connectivity index is 1.62. The third kappa shape index (κ3) is 9.27. The number of halogens is 3. The standard InChI is InChI=1S/C35H45F3N4O6S/c1-22(2)42(24-14-11-16-40(20-24)48-31(45)33(3,4)5)29(43)25-18-27-28(19-26(25)35(36,37)38)49-34(6,7)30(44)41(27)17-15-39-32(46)47-21-23-12-9-8-10-13-23/h8-10,12-13,18-19,22,24H,11,14-17,20-21H2,1-7H3,(H,39,46)/t24-/m1/s1. The minimum Gasteiger partial charge on any atom is -0.445 e. The van der Waals surface area contributed by atoms with Crippen LogP contribution in [0.15, 0.2) is 47.4 Å². The molecule has 0 aliphatic carbocycles. The number of thioether (sulfide) groups is 1. The number of amides is 3. The van der Waals surface area contributed by atoms with Crippen molar-refractivity contribution in [2.75, 3.05) is 31.1 Å². The van der Waals surface area contributed by atoms with Gasteiger partial charge in [0, 0.05) is 36.6 Å². The van der Waals surface area contributed by atoms with Crippen LogP contribution in [-0.4, -0.2) is 76.8 Å². The van der Waals surface area contributed by atoms with Crippen LogP contribution in [0, 0.1) is 5.41 Å². The van der Waals surface area contributed by atoms with Gasteiger partial charge in [-0.25, -0.2) is 9.59 Å². The van der Waals surface area contributed by atoms with Gasteiger partial charge in [-0.1, -0.05) is 30.3 Å². The molecule has 1 saturated heterocycles. The lowest BCUT2D eigenvalue weighted by molar-refractivity contribution is -0.208. The first kappa shape index (κ1) is 38.0. The summed E-state index contributed by atoms with van der Waals surface area (Å²) in [4.78, 5) is 61.3. The zero-order valence-corrected chi connectivity index (χ0v) is 29.8. The summed E-state index contributed by atoms with van der Waals surface area (Å²) in [6, 6.07) is 10.1. The Bertz CT molecular complexity index is 1540. The van der Waals surface area contributed by atoms with Crippen LogP contribution in [-0.2, 0) is 31.9 Å². The number of nitrogens with one attached hydrogen (secondary N) is 1. The second-order valence-electron chi connectivity index (χ2n) is 14.0. The summed E-state index contributed by atoms with van der Waals surface area (Å²) >= 11 is 0.990. The molecule has 0 spiro atoms. The van der Waals surface area contributed by atoms with Crippen LogP contribution in [0.25, 0.3) is 0 Å². The summed E-state index contributed by atoms with van der Waals surface area (Å²) in [7, 11) is 0. The lowest BCUT2D eigenvalue weighted by Gasteiger charge is -2.42. The maximum atomic E-state index is 14.7. The molecule has 1 fully saturated rings. The molecule has 0 bridgehead atoms. The molecule has 14 heteroatoms. The highest BCUT2D eigenvalue weighted by molar-refractivity contribution is 8.01. The molecule has 1 atom stereocenters. The Kier molecular flexibility index (Phi) is 11.6. The van der Waals surface area contributed by atoms with Crippen molar-refractivity contribution < 1.29 is 41.9 Å². The molecule has 10 nitrogen and oxygen atoms in total. The van der Waals surface area contributed by atoms with Gasteiger partial charge in [-0.05, 0) is 79.0 Å². The first-order chi connectivity index (χ1) is 22.8. The highest BCUT2D eigenvalue weighted by Gasteiger charge is 2.45. The van der Waals surface area contributed by atoms with Crippen LogP contribution >= 0.6 is 11.8 Å². The van der Waals surface area contributed by atoms with Gasteiger partial charge in [0.25, 0.3) is 5.91 Å². The minimum absolute atomic E-state index is 0.0393. The molecule has 2 aromatic rings. The average Bonchev–Trinajstić information content (AvgIpc) is 3.01. The molecule has 0 radical (unpaired) electrons. The fourth-order valence-corrected chi connectivity index (χ4v) is 6.94. The van der Waals surface area contributed by atoms with Crippen molar-refractivity contribution >= 4 is 41.3 Å². The molecule has 0 aromatic heterocycles. The number of carbonyl (C=O) groups excluding carboxylic acids is 4. The normalized spacial score (nSPS) is 18.1. The highest BCUT2D eigenvalue weighted by atomic mass is 32.2. The molecule has 2 aliphatic rings. The molecule has 2 heterocycles. The van der Waals surface area contributed by atoms with Crippen LogP contribution in [0.4, 0.5) is 23.7 Å². The van der Waals surface area contributed by atoms with E-state index in [0.29, 0.717) is 19.4 Å². The predicted molar refractivity (Wildman–Crippen MR) is 180 cm³/mol. The van der Waals surface area contributed by atoms with E-state index >= 15 is 0 Å². The fourth-order valence-electron chi connectivity index (χ4n) is 5.74. The predicted octanol–water partition coefficient (Wildman–Crippen LogP) is 6.67. The van der Waals surface area contributed by atoms with E-state index in [0.717, 1.165) is 29.5 Å². The number of hydrogen-bond acceptors (Lipinski definition) is 8. The van der Waals surface area contributed by atoms with E-state index in [-0.39, 0.29) is 42.7 Å². The quantitative estimate of drug-likeness (QED) is 0.308. The highest BCUT2D eigenvalue weighted by Crippen LogP contribution is 2.48. The van der Waals surface area contributed by atoms with E-state index in [1.807, 2.05) is 18.2 Å². The van der Waals surface area contributed by atoms with E-state index in [4.69, 9.17) is 9.57 Å². The summed E-state index contributed by atoms with van der Waals surface area (Å²) in [5.74, 6) is -1.68. The zero-order valence-electron chi connectivity index (χ0n) is 29.0. The topological polar surface area (TPSA) is 108 Å². The van der Waals surface area contributed by atoms with Crippen LogP contribution in [0.5, 0.6) is 0 Å². The van der Waals surface area contributed by atoms with Crippen LogP contribution in [0.2, 0.25) is 0 Å².